The van der Waals surface area contributed by atoms with Gasteiger partial charge in [0.2, 0.25) is 0 Å². The zero-order valence-electron chi connectivity index (χ0n) is 9.77. The van der Waals surface area contributed by atoms with E-state index in [0.29, 0.717) is 0 Å². The fourth-order valence-electron chi connectivity index (χ4n) is 2.03. The van der Waals surface area contributed by atoms with Gasteiger partial charge in [-0.1, -0.05) is 60.7 Å². The lowest BCUT2D eigenvalue weighted by molar-refractivity contribution is 0.00118. The average molecular weight is 230 g/mol. The summed E-state index contributed by atoms with van der Waals surface area (Å²) >= 11 is 0. The number of hydrogen-bond donors (Lipinski definition) is 0. The maximum atomic E-state index is 13.6. The average Bonchev–Trinajstić information content (AvgIpc) is 2.43. The van der Waals surface area contributed by atoms with Crippen molar-refractivity contribution in [3.8, 4) is 0 Å². The monoisotopic (exact) mass is 230 g/mol. The number of ether oxygens (including phenoxy) is 1. The predicted octanol–water partition coefficient (Wildman–Crippen LogP) is 3.55. The van der Waals surface area contributed by atoms with E-state index in [-0.39, 0.29) is 0 Å². The first-order chi connectivity index (χ1) is 8.33. The summed E-state index contributed by atoms with van der Waals surface area (Å²) < 4.78 is 19.0. The highest BCUT2D eigenvalue weighted by molar-refractivity contribution is 5.36. The van der Waals surface area contributed by atoms with Crippen LogP contribution in [0.4, 0.5) is 4.39 Å². The summed E-state index contributed by atoms with van der Waals surface area (Å²) in [7, 11) is 1.54. The summed E-state index contributed by atoms with van der Waals surface area (Å²) in [5, 5.41) is 0. The lowest BCUT2D eigenvalue weighted by Gasteiger charge is -2.30. The van der Waals surface area contributed by atoms with Gasteiger partial charge in [-0.3, -0.25) is 0 Å². The quantitative estimate of drug-likeness (QED) is 0.780. The highest BCUT2D eigenvalue weighted by atomic mass is 19.1. The third-order valence-corrected chi connectivity index (χ3v) is 3.02. The van der Waals surface area contributed by atoms with Crippen LogP contribution in [0.1, 0.15) is 11.1 Å². The molecule has 0 saturated carbocycles. The normalized spacial score (nSPS) is 11.4. The predicted molar refractivity (Wildman–Crippen MR) is 66.6 cm³/mol. The molecule has 88 valence electrons. The third-order valence-electron chi connectivity index (χ3n) is 3.02. The zero-order chi connectivity index (χ0) is 12.1. The Morgan fingerprint density at radius 2 is 1.29 bits per heavy atom. The Hall–Kier alpha value is -1.67. The molecule has 0 amide bonds. The molecular formula is C15H15FO. The summed E-state index contributed by atoms with van der Waals surface area (Å²) in [5.41, 5.74) is 0.662. The summed E-state index contributed by atoms with van der Waals surface area (Å²) in [6.45, 7) is -0.586. The van der Waals surface area contributed by atoms with E-state index in [9.17, 15) is 4.39 Å². The molecule has 0 fully saturated rings. The van der Waals surface area contributed by atoms with E-state index in [1.54, 1.807) is 7.11 Å². The number of halogens is 1. The van der Waals surface area contributed by atoms with Crippen LogP contribution in [0, 0.1) is 0 Å². The molecule has 0 atom stereocenters. The van der Waals surface area contributed by atoms with Gasteiger partial charge in [0.25, 0.3) is 0 Å². The van der Waals surface area contributed by atoms with Gasteiger partial charge in [0.1, 0.15) is 12.3 Å². The first kappa shape index (κ1) is 11.8. The summed E-state index contributed by atoms with van der Waals surface area (Å²) in [5.74, 6) is 0. The van der Waals surface area contributed by atoms with Crippen LogP contribution in [0.5, 0.6) is 0 Å². The van der Waals surface area contributed by atoms with Crippen molar-refractivity contribution >= 4 is 0 Å². The smallest absolute Gasteiger partial charge is 0.146 e. The van der Waals surface area contributed by atoms with Gasteiger partial charge in [0, 0.05) is 7.11 Å². The molecule has 0 unspecified atom stereocenters. The Labute approximate surface area is 101 Å². The molecule has 17 heavy (non-hydrogen) atoms. The second-order valence-corrected chi connectivity index (χ2v) is 3.90. The van der Waals surface area contributed by atoms with Crippen LogP contribution in [0.3, 0.4) is 0 Å². The van der Waals surface area contributed by atoms with E-state index in [1.807, 2.05) is 60.7 Å². The van der Waals surface area contributed by atoms with Crippen LogP contribution in [0.2, 0.25) is 0 Å². The van der Waals surface area contributed by atoms with Gasteiger partial charge in [-0.2, -0.15) is 0 Å². The van der Waals surface area contributed by atoms with Gasteiger partial charge in [0.15, 0.2) is 0 Å². The first-order valence-corrected chi connectivity index (χ1v) is 5.55. The molecule has 0 heterocycles. The Balaban J connectivity index is 2.54. The van der Waals surface area contributed by atoms with Crippen molar-refractivity contribution < 1.29 is 9.13 Å². The Bertz CT molecular complexity index is 407. The Kier molecular flexibility index (Phi) is 3.55. The van der Waals surface area contributed by atoms with Gasteiger partial charge in [-0.05, 0) is 11.1 Å². The number of methoxy groups -OCH3 is 1. The van der Waals surface area contributed by atoms with Crippen LogP contribution >= 0.6 is 0 Å². The molecule has 2 heteroatoms. The van der Waals surface area contributed by atoms with E-state index in [4.69, 9.17) is 4.74 Å². The fraction of sp³-hybridized carbons (Fsp3) is 0.200. The van der Waals surface area contributed by atoms with Gasteiger partial charge < -0.3 is 4.74 Å². The minimum atomic E-state index is -0.998. The van der Waals surface area contributed by atoms with Crippen molar-refractivity contribution in [1.29, 1.82) is 0 Å². The van der Waals surface area contributed by atoms with Gasteiger partial charge in [0.05, 0.1) is 0 Å². The number of hydrogen-bond acceptors (Lipinski definition) is 1. The molecule has 0 spiro atoms. The number of benzene rings is 2. The van der Waals surface area contributed by atoms with Crippen molar-refractivity contribution in [3.63, 3.8) is 0 Å². The highest BCUT2D eigenvalue weighted by Crippen LogP contribution is 2.33. The van der Waals surface area contributed by atoms with Gasteiger partial charge >= 0.3 is 0 Å². The zero-order valence-corrected chi connectivity index (χ0v) is 9.77. The van der Waals surface area contributed by atoms with Crippen molar-refractivity contribution in [2.24, 2.45) is 0 Å². The summed E-state index contributed by atoms with van der Waals surface area (Å²) in [6.07, 6.45) is 0. The second-order valence-electron chi connectivity index (χ2n) is 3.90. The molecule has 1 nitrogen and oxygen atoms in total. The van der Waals surface area contributed by atoms with E-state index >= 15 is 0 Å². The first-order valence-electron chi connectivity index (χ1n) is 5.55. The molecule has 0 bridgehead atoms. The molecule has 2 aromatic carbocycles. The Morgan fingerprint density at radius 1 is 0.882 bits per heavy atom. The molecule has 0 saturated heterocycles. The number of alkyl halides is 1. The minimum absolute atomic E-state index is 0.586. The highest BCUT2D eigenvalue weighted by Gasteiger charge is 2.34. The van der Waals surface area contributed by atoms with Crippen LogP contribution < -0.4 is 0 Å². The molecule has 0 N–H and O–H groups in total. The molecule has 0 aliphatic heterocycles. The molecule has 0 aliphatic rings. The van der Waals surface area contributed by atoms with Crippen molar-refractivity contribution in [2.45, 2.75) is 5.60 Å². The van der Waals surface area contributed by atoms with Crippen molar-refractivity contribution in [2.75, 3.05) is 13.8 Å². The minimum Gasteiger partial charge on any atom is -0.366 e. The summed E-state index contributed by atoms with van der Waals surface area (Å²) in [6, 6.07) is 18.9. The second kappa shape index (κ2) is 5.11. The molecule has 2 aromatic rings. The fourth-order valence-corrected chi connectivity index (χ4v) is 2.03. The molecule has 2 rings (SSSR count). The lowest BCUT2D eigenvalue weighted by Crippen LogP contribution is -2.32. The summed E-state index contributed by atoms with van der Waals surface area (Å²) in [4.78, 5) is 0. The maximum absolute atomic E-state index is 13.6. The standard InChI is InChI=1S/C15H15FO/c1-17-15(12-16,13-8-4-2-5-9-13)14-10-6-3-7-11-14/h2-11H,12H2,1H3. The van der Waals surface area contributed by atoms with E-state index < -0.39 is 12.3 Å². The van der Waals surface area contributed by atoms with Crippen LogP contribution in [0.15, 0.2) is 60.7 Å². The molecule has 0 aliphatic carbocycles. The Morgan fingerprint density at radius 3 is 1.59 bits per heavy atom. The van der Waals surface area contributed by atoms with E-state index in [2.05, 4.69) is 0 Å². The van der Waals surface area contributed by atoms with Crippen LogP contribution in [0.25, 0.3) is 0 Å². The largest absolute Gasteiger partial charge is 0.366 e. The lowest BCUT2D eigenvalue weighted by atomic mass is 9.87. The van der Waals surface area contributed by atoms with Crippen LogP contribution in [-0.4, -0.2) is 13.8 Å². The van der Waals surface area contributed by atoms with Crippen molar-refractivity contribution in [3.05, 3.63) is 71.8 Å². The van der Waals surface area contributed by atoms with Crippen molar-refractivity contribution in [1.82, 2.24) is 0 Å². The van der Waals surface area contributed by atoms with Gasteiger partial charge in [-0.25, -0.2) is 4.39 Å². The van der Waals surface area contributed by atoms with Gasteiger partial charge in [-0.15, -0.1) is 0 Å². The van der Waals surface area contributed by atoms with Crippen LogP contribution in [-0.2, 0) is 10.3 Å². The third kappa shape index (κ3) is 2.08. The van der Waals surface area contributed by atoms with E-state index in [1.165, 1.54) is 0 Å². The molecule has 0 radical (unpaired) electrons. The number of rotatable bonds is 4. The topological polar surface area (TPSA) is 9.23 Å². The SMILES string of the molecule is COC(CF)(c1ccccc1)c1ccccc1. The van der Waals surface area contributed by atoms with E-state index in [0.717, 1.165) is 11.1 Å². The molecule has 0 aromatic heterocycles. The maximum Gasteiger partial charge on any atom is 0.146 e. The molecular weight excluding hydrogens is 215 g/mol.